The number of hydrogen-bond donors (Lipinski definition) is 1. The molecule has 3 aromatic rings. The number of carbonyl (C=O) groups excluding carboxylic acids is 1. The van der Waals surface area contributed by atoms with Gasteiger partial charge in [0.2, 0.25) is 5.91 Å². The van der Waals surface area contributed by atoms with E-state index in [9.17, 15) is 4.79 Å². The molecule has 1 aliphatic rings. The van der Waals surface area contributed by atoms with Crippen LogP contribution in [-0.2, 0) is 11.3 Å². The third kappa shape index (κ3) is 7.34. The van der Waals surface area contributed by atoms with Crippen LogP contribution in [0.3, 0.4) is 0 Å². The number of nitrogens with zero attached hydrogens (tertiary/aromatic N) is 2. The zero-order chi connectivity index (χ0) is 27.8. The van der Waals surface area contributed by atoms with E-state index in [1.807, 2.05) is 19.1 Å². The largest absolute Gasteiger partial charge is 0.493 e. The Bertz CT molecular complexity index is 1250. The first-order chi connectivity index (χ1) is 18.9. The summed E-state index contributed by atoms with van der Waals surface area (Å²) in [5.41, 5.74) is 10.2. The lowest BCUT2D eigenvalue weighted by molar-refractivity contribution is -0.123. The zero-order valence-corrected chi connectivity index (χ0v) is 24.1. The van der Waals surface area contributed by atoms with E-state index in [1.165, 1.54) is 5.56 Å². The van der Waals surface area contributed by atoms with Crippen LogP contribution in [0.4, 0.5) is 0 Å². The molecule has 1 aliphatic heterocycles. The van der Waals surface area contributed by atoms with Gasteiger partial charge in [-0.1, -0.05) is 61.6 Å². The van der Waals surface area contributed by atoms with Crippen LogP contribution in [0.2, 0.25) is 5.02 Å². The molecule has 210 valence electrons. The number of aromatic nitrogens is 1. The third-order valence-electron chi connectivity index (χ3n) is 7.26. The van der Waals surface area contributed by atoms with Crippen LogP contribution >= 0.6 is 11.6 Å². The summed E-state index contributed by atoms with van der Waals surface area (Å²) < 4.78 is 18.1. The van der Waals surface area contributed by atoms with Gasteiger partial charge in [0.15, 0.2) is 5.76 Å². The summed E-state index contributed by atoms with van der Waals surface area (Å²) in [4.78, 5) is 13.9. The van der Waals surface area contributed by atoms with Crippen molar-refractivity contribution < 1.29 is 18.8 Å². The van der Waals surface area contributed by atoms with E-state index in [1.54, 1.807) is 0 Å². The minimum absolute atomic E-state index is 0.0150. The van der Waals surface area contributed by atoms with Crippen LogP contribution in [0.1, 0.15) is 63.6 Å². The number of halogens is 1. The minimum atomic E-state index is -0.189. The SMILES string of the molecule is CCCCOc1cc(OCCCC)c(-c2onc(C)c2-c2cccc(CN3CCC(C(N)=O)CC3)c2)cc1Cl. The molecule has 0 saturated carbocycles. The Morgan fingerprint density at radius 3 is 2.44 bits per heavy atom. The van der Waals surface area contributed by atoms with Crippen molar-refractivity contribution in [1.82, 2.24) is 10.1 Å². The van der Waals surface area contributed by atoms with E-state index in [2.05, 4.69) is 48.2 Å². The summed E-state index contributed by atoms with van der Waals surface area (Å²) in [5.74, 6) is 1.70. The maximum Gasteiger partial charge on any atom is 0.220 e. The Labute approximate surface area is 236 Å². The maximum atomic E-state index is 11.5. The van der Waals surface area contributed by atoms with Crippen LogP contribution < -0.4 is 15.2 Å². The predicted molar refractivity (Wildman–Crippen MR) is 155 cm³/mol. The highest BCUT2D eigenvalue weighted by Gasteiger charge is 2.25. The monoisotopic (exact) mass is 553 g/mol. The summed E-state index contributed by atoms with van der Waals surface area (Å²) in [7, 11) is 0. The van der Waals surface area contributed by atoms with E-state index in [0.717, 1.165) is 80.5 Å². The molecule has 4 rings (SSSR count). The number of benzene rings is 2. The van der Waals surface area contributed by atoms with Crippen LogP contribution in [0, 0.1) is 12.8 Å². The number of carbonyl (C=O) groups is 1. The van der Waals surface area contributed by atoms with Gasteiger partial charge in [-0.05, 0) is 69.0 Å². The van der Waals surface area contributed by atoms with Gasteiger partial charge in [-0.25, -0.2) is 0 Å². The molecule has 0 unspecified atom stereocenters. The van der Waals surface area contributed by atoms with Crippen molar-refractivity contribution in [1.29, 1.82) is 0 Å². The standard InChI is InChI=1S/C31H40ClN3O4/c1-4-6-15-37-27-19-28(38-16-7-5-2)26(32)18-25(27)30-29(21(3)34-39-30)24-10-8-9-22(17-24)20-35-13-11-23(12-14-35)31(33)36/h8-10,17-19,23H,4-7,11-16,20H2,1-3H3,(H2,33,36). The summed E-state index contributed by atoms with van der Waals surface area (Å²) in [6.07, 6.45) is 5.58. The molecule has 1 aromatic heterocycles. The number of hydrogen-bond acceptors (Lipinski definition) is 6. The molecule has 0 aliphatic carbocycles. The molecule has 7 nitrogen and oxygen atoms in total. The molecule has 0 bridgehead atoms. The molecular weight excluding hydrogens is 514 g/mol. The van der Waals surface area contributed by atoms with Crippen LogP contribution in [-0.4, -0.2) is 42.3 Å². The number of rotatable bonds is 13. The van der Waals surface area contributed by atoms with Gasteiger partial charge in [-0.15, -0.1) is 0 Å². The lowest BCUT2D eigenvalue weighted by Gasteiger charge is -2.30. The van der Waals surface area contributed by atoms with Gasteiger partial charge in [0.1, 0.15) is 11.5 Å². The molecule has 2 heterocycles. The molecule has 1 amide bonds. The number of ether oxygens (including phenoxy) is 2. The number of nitrogens with two attached hydrogens (primary N) is 1. The van der Waals surface area contributed by atoms with Crippen molar-refractivity contribution in [2.75, 3.05) is 26.3 Å². The third-order valence-corrected chi connectivity index (χ3v) is 7.56. The highest BCUT2D eigenvalue weighted by Crippen LogP contribution is 2.44. The fourth-order valence-electron chi connectivity index (χ4n) is 4.95. The van der Waals surface area contributed by atoms with Gasteiger partial charge >= 0.3 is 0 Å². The Hall–Kier alpha value is -3.03. The van der Waals surface area contributed by atoms with Gasteiger partial charge in [0, 0.05) is 18.5 Å². The summed E-state index contributed by atoms with van der Waals surface area (Å²) in [6.45, 7) is 9.93. The van der Waals surface area contributed by atoms with Crippen molar-refractivity contribution in [3.05, 3.63) is 52.7 Å². The smallest absolute Gasteiger partial charge is 0.220 e. The molecule has 0 spiro atoms. The van der Waals surface area contributed by atoms with E-state index >= 15 is 0 Å². The average molecular weight is 554 g/mol. The molecule has 0 atom stereocenters. The number of primary amides is 1. The highest BCUT2D eigenvalue weighted by atomic mass is 35.5. The van der Waals surface area contributed by atoms with Crippen molar-refractivity contribution in [2.24, 2.45) is 11.7 Å². The quantitative estimate of drug-likeness (QED) is 0.229. The summed E-state index contributed by atoms with van der Waals surface area (Å²) in [5, 5.41) is 4.84. The fourth-order valence-corrected chi connectivity index (χ4v) is 5.17. The van der Waals surface area contributed by atoms with Crippen LogP contribution in [0.25, 0.3) is 22.5 Å². The lowest BCUT2D eigenvalue weighted by Crippen LogP contribution is -2.38. The Morgan fingerprint density at radius 1 is 1.08 bits per heavy atom. The van der Waals surface area contributed by atoms with E-state index in [-0.39, 0.29) is 11.8 Å². The highest BCUT2D eigenvalue weighted by molar-refractivity contribution is 6.32. The second-order valence-corrected chi connectivity index (χ2v) is 10.7. The number of aryl methyl sites for hydroxylation is 1. The molecule has 8 heteroatoms. The fraction of sp³-hybridized carbons (Fsp3) is 0.484. The number of amides is 1. The van der Waals surface area contributed by atoms with Crippen LogP contribution in [0.5, 0.6) is 11.5 Å². The Morgan fingerprint density at radius 2 is 1.77 bits per heavy atom. The molecule has 2 aromatic carbocycles. The van der Waals surface area contributed by atoms with E-state index in [0.29, 0.717) is 35.5 Å². The second-order valence-electron chi connectivity index (χ2n) is 10.3. The zero-order valence-electron chi connectivity index (χ0n) is 23.3. The number of likely N-dealkylation sites (tertiary alicyclic amines) is 1. The Kier molecular flexibility index (Phi) is 10.3. The lowest BCUT2D eigenvalue weighted by atomic mass is 9.95. The summed E-state index contributed by atoms with van der Waals surface area (Å²) in [6, 6.07) is 12.2. The maximum absolute atomic E-state index is 11.5. The summed E-state index contributed by atoms with van der Waals surface area (Å²) >= 11 is 6.68. The number of unbranched alkanes of at least 4 members (excludes halogenated alkanes) is 2. The topological polar surface area (TPSA) is 90.8 Å². The minimum Gasteiger partial charge on any atom is -0.493 e. The predicted octanol–water partition coefficient (Wildman–Crippen LogP) is 7.03. The molecule has 0 radical (unpaired) electrons. The second kappa shape index (κ2) is 13.9. The number of piperidine rings is 1. The normalized spacial score (nSPS) is 14.5. The molecule has 39 heavy (non-hydrogen) atoms. The van der Waals surface area contributed by atoms with Gasteiger partial charge in [-0.3, -0.25) is 9.69 Å². The molecule has 1 fully saturated rings. The molecule has 1 saturated heterocycles. The average Bonchev–Trinajstić information content (AvgIpc) is 3.31. The van der Waals surface area contributed by atoms with Gasteiger partial charge < -0.3 is 19.7 Å². The Balaban J connectivity index is 1.63. The first kappa shape index (κ1) is 29.0. The van der Waals surface area contributed by atoms with Crippen molar-refractivity contribution in [3.63, 3.8) is 0 Å². The first-order valence-corrected chi connectivity index (χ1v) is 14.5. The van der Waals surface area contributed by atoms with Crippen molar-refractivity contribution >= 4 is 17.5 Å². The van der Waals surface area contributed by atoms with Crippen LogP contribution in [0.15, 0.2) is 40.9 Å². The van der Waals surface area contributed by atoms with Gasteiger partial charge in [0.25, 0.3) is 0 Å². The van der Waals surface area contributed by atoms with Crippen molar-refractivity contribution in [3.8, 4) is 33.9 Å². The van der Waals surface area contributed by atoms with Gasteiger partial charge in [0.05, 0.1) is 35.1 Å². The van der Waals surface area contributed by atoms with Gasteiger partial charge in [-0.2, -0.15) is 0 Å². The van der Waals surface area contributed by atoms with Crippen molar-refractivity contribution in [2.45, 2.75) is 65.8 Å². The first-order valence-electron chi connectivity index (χ1n) is 14.1. The molecular formula is C31H40ClN3O4. The molecule has 2 N–H and O–H groups in total. The van der Waals surface area contributed by atoms with E-state index in [4.69, 9.17) is 31.3 Å². The van der Waals surface area contributed by atoms with E-state index < -0.39 is 0 Å².